The average molecular weight is 339 g/mol. The van der Waals surface area contributed by atoms with Gasteiger partial charge >= 0.3 is 5.97 Å². The van der Waals surface area contributed by atoms with Crippen molar-refractivity contribution in [2.45, 2.75) is 44.1 Å². The predicted molar refractivity (Wildman–Crippen MR) is 88.8 cm³/mol. The second kappa shape index (κ2) is 4.71. The van der Waals surface area contributed by atoms with Crippen LogP contribution >= 0.6 is 0 Å². The Kier molecular flexibility index (Phi) is 2.85. The van der Waals surface area contributed by atoms with E-state index in [0.29, 0.717) is 29.4 Å². The molecule has 0 spiro atoms. The Hall–Kier alpha value is -2.17. The Bertz CT molecular complexity index is 765. The second-order valence-electron chi connectivity index (χ2n) is 8.45. The van der Waals surface area contributed by atoms with Crippen LogP contribution in [0.3, 0.4) is 0 Å². The molecule has 25 heavy (non-hydrogen) atoms. The van der Waals surface area contributed by atoms with Crippen molar-refractivity contribution >= 4 is 17.8 Å². The van der Waals surface area contributed by atoms with Crippen LogP contribution in [0.25, 0.3) is 0 Å². The Balaban J connectivity index is 1.60. The van der Waals surface area contributed by atoms with E-state index in [4.69, 9.17) is 4.74 Å². The first kappa shape index (κ1) is 15.1. The Morgan fingerprint density at radius 3 is 2.12 bits per heavy atom. The lowest BCUT2D eigenvalue weighted by atomic mass is 9.46. The summed E-state index contributed by atoms with van der Waals surface area (Å²) in [5.41, 5.74) is -0.0506. The first-order valence-corrected chi connectivity index (χ1v) is 9.04. The number of carbonyl (C=O) groups excluding carboxylic acids is 3. The molecule has 4 saturated carbocycles. The molecule has 5 aliphatic rings. The average Bonchev–Trinajstić information content (AvgIpc) is 2.85. The molecule has 0 saturated heterocycles. The van der Waals surface area contributed by atoms with Crippen molar-refractivity contribution < 1.29 is 19.1 Å². The quantitative estimate of drug-likeness (QED) is 0.614. The molecule has 2 atom stereocenters. The van der Waals surface area contributed by atoms with Crippen LogP contribution in [-0.4, -0.2) is 35.3 Å². The molecule has 1 aliphatic heterocycles. The van der Waals surface area contributed by atoms with Crippen molar-refractivity contribution in [2.24, 2.45) is 17.3 Å². The van der Waals surface area contributed by atoms with Gasteiger partial charge in [-0.2, -0.15) is 0 Å². The molecule has 6 rings (SSSR count). The van der Waals surface area contributed by atoms with E-state index < -0.39 is 11.0 Å². The minimum Gasteiger partial charge on any atom is -0.469 e. The first-order valence-electron chi connectivity index (χ1n) is 9.04. The summed E-state index contributed by atoms with van der Waals surface area (Å²) in [5.74, 6) is 0.238. The van der Waals surface area contributed by atoms with Gasteiger partial charge in [0.15, 0.2) is 0 Å². The van der Waals surface area contributed by atoms with E-state index >= 15 is 0 Å². The van der Waals surface area contributed by atoms with E-state index in [-0.39, 0.29) is 17.8 Å². The van der Waals surface area contributed by atoms with Crippen LogP contribution in [0.1, 0.15) is 59.2 Å². The van der Waals surface area contributed by atoms with Gasteiger partial charge in [-0.15, -0.1) is 0 Å². The zero-order chi connectivity index (χ0) is 17.4. The highest BCUT2D eigenvalue weighted by molar-refractivity contribution is 6.22. The monoisotopic (exact) mass is 339 g/mol. The van der Waals surface area contributed by atoms with E-state index in [1.165, 1.54) is 12.0 Å². The molecule has 5 heteroatoms. The van der Waals surface area contributed by atoms with E-state index in [1.807, 2.05) is 0 Å². The molecule has 1 aromatic carbocycles. The van der Waals surface area contributed by atoms with Crippen molar-refractivity contribution in [2.75, 3.05) is 7.11 Å². The Morgan fingerprint density at radius 1 is 1.04 bits per heavy atom. The van der Waals surface area contributed by atoms with Crippen molar-refractivity contribution in [1.82, 2.24) is 4.90 Å². The molecule has 0 radical (unpaired) electrons. The van der Waals surface area contributed by atoms with Gasteiger partial charge in [0.25, 0.3) is 11.8 Å². The van der Waals surface area contributed by atoms with Gasteiger partial charge < -0.3 is 4.74 Å². The van der Waals surface area contributed by atoms with Crippen LogP contribution in [0.5, 0.6) is 0 Å². The molecular formula is C20H21NO4. The number of nitrogens with zero attached hydrogens (tertiary/aromatic N) is 1. The second-order valence-corrected chi connectivity index (χ2v) is 8.45. The van der Waals surface area contributed by atoms with Gasteiger partial charge in [-0.1, -0.05) is 12.1 Å². The van der Waals surface area contributed by atoms with Gasteiger partial charge in [-0.05, 0) is 62.5 Å². The Labute approximate surface area is 146 Å². The third-order valence-electron chi connectivity index (χ3n) is 6.92. The molecule has 2 amide bonds. The molecule has 4 bridgehead atoms. The van der Waals surface area contributed by atoms with Crippen molar-refractivity contribution in [1.29, 1.82) is 0 Å². The summed E-state index contributed by atoms with van der Waals surface area (Å²) in [6.45, 7) is 0. The number of esters is 1. The zero-order valence-corrected chi connectivity index (χ0v) is 14.3. The summed E-state index contributed by atoms with van der Waals surface area (Å²) in [7, 11) is 1.44. The highest BCUT2D eigenvalue weighted by Gasteiger charge is 2.65. The van der Waals surface area contributed by atoms with Crippen LogP contribution < -0.4 is 0 Å². The fourth-order valence-electron chi connectivity index (χ4n) is 6.55. The zero-order valence-electron chi connectivity index (χ0n) is 14.3. The maximum Gasteiger partial charge on any atom is 0.311 e. The van der Waals surface area contributed by atoms with Crippen molar-refractivity contribution in [3.05, 3.63) is 35.4 Å². The van der Waals surface area contributed by atoms with Crippen LogP contribution in [0.4, 0.5) is 0 Å². The largest absolute Gasteiger partial charge is 0.469 e. The minimum atomic E-state index is -0.522. The van der Waals surface area contributed by atoms with Gasteiger partial charge in [0.05, 0.1) is 29.2 Å². The van der Waals surface area contributed by atoms with Crippen molar-refractivity contribution in [3.8, 4) is 0 Å². The number of methoxy groups -OCH3 is 1. The van der Waals surface area contributed by atoms with Crippen LogP contribution in [0.15, 0.2) is 24.3 Å². The van der Waals surface area contributed by atoms with Gasteiger partial charge in [-0.3, -0.25) is 19.3 Å². The number of carbonyl (C=O) groups is 3. The van der Waals surface area contributed by atoms with E-state index in [2.05, 4.69) is 0 Å². The number of amides is 2. The molecule has 0 N–H and O–H groups in total. The normalized spacial score (nSPS) is 38.2. The summed E-state index contributed by atoms with van der Waals surface area (Å²) in [4.78, 5) is 40.2. The fraction of sp³-hybridized carbons (Fsp3) is 0.550. The number of imide groups is 1. The van der Waals surface area contributed by atoms with Gasteiger partial charge in [0, 0.05) is 0 Å². The highest BCUT2D eigenvalue weighted by Crippen LogP contribution is 2.64. The highest BCUT2D eigenvalue weighted by atomic mass is 16.5. The summed E-state index contributed by atoms with van der Waals surface area (Å²) in [6.07, 6.45) is 4.98. The smallest absolute Gasteiger partial charge is 0.311 e. The number of fused-ring (bicyclic) bond motifs is 1. The number of benzene rings is 1. The van der Waals surface area contributed by atoms with Gasteiger partial charge in [0.1, 0.15) is 0 Å². The fourth-order valence-corrected chi connectivity index (χ4v) is 6.55. The lowest BCUT2D eigenvalue weighted by Crippen LogP contribution is -2.66. The minimum absolute atomic E-state index is 0.164. The summed E-state index contributed by atoms with van der Waals surface area (Å²) in [6, 6.07) is 7.05. The third-order valence-corrected chi connectivity index (χ3v) is 6.92. The lowest BCUT2D eigenvalue weighted by Gasteiger charge is -2.62. The summed E-state index contributed by atoms with van der Waals surface area (Å²) in [5, 5.41) is 0. The molecule has 2 unspecified atom stereocenters. The standard InChI is InChI=1S/C20H21NO4/c1-25-18(24)19-7-12-6-13(8-19)10-20(9-12,11-19)21-16(22)14-4-2-3-5-15(14)17(21)23/h2-5,12-13H,6-11H2,1H3. The van der Waals surface area contributed by atoms with E-state index in [0.717, 1.165) is 32.1 Å². The van der Waals surface area contributed by atoms with Gasteiger partial charge in [0.2, 0.25) is 0 Å². The maximum atomic E-state index is 13.1. The molecule has 4 aliphatic carbocycles. The van der Waals surface area contributed by atoms with E-state index in [1.54, 1.807) is 24.3 Å². The molecule has 4 fully saturated rings. The third kappa shape index (κ3) is 1.81. The number of hydrogen-bond acceptors (Lipinski definition) is 4. The lowest BCUT2D eigenvalue weighted by molar-refractivity contribution is -0.176. The predicted octanol–water partition coefficient (Wildman–Crippen LogP) is 2.79. The molecular weight excluding hydrogens is 318 g/mol. The number of ether oxygens (including phenoxy) is 1. The SMILES string of the molecule is COC(=O)C12CC3CC(C1)CC(N1C(=O)c4ccccc4C1=O)(C3)C2. The van der Waals surface area contributed by atoms with Gasteiger partial charge in [-0.25, -0.2) is 0 Å². The van der Waals surface area contributed by atoms with Crippen LogP contribution in [0, 0.1) is 17.3 Å². The van der Waals surface area contributed by atoms with Crippen molar-refractivity contribution in [3.63, 3.8) is 0 Å². The number of rotatable bonds is 2. The number of hydrogen-bond donors (Lipinski definition) is 0. The maximum absolute atomic E-state index is 13.1. The first-order chi connectivity index (χ1) is 12.0. The molecule has 1 heterocycles. The summed E-state index contributed by atoms with van der Waals surface area (Å²) < 4.78 is 5.13. The molecule has 1 aromatic rings. The van der Waals surface area contributed by atoms with E-state index in [9.17, 15) is 14.4 Å². The topological polar surface area (TPSA) is 63.7 Å². The summed E-state index contributed by atoms with van der Waals surface area (Å²) >= 11 is 0. The molecule has 130 valence electrons. The van der Waals surface area contributed by atoms with Crippen LogP contribution in [0.2, 0.25) is 0 Å². The molecule has 5 nitrogen and oxygen atoms in total. The van der Waals surface area contributed by atoms with Crippen LogP contribution in [-0.2, 0) is 9.53 Å². The Morgan fingerprint density at radius 2 is 1.60 bits per heavy atom. The molecule has 0 aromatic heterocycles.